The fraction of sp³-hybridized carbons (Fsp3) is 0.909. The van der Waals surface area contributed by atoms with Crippen LogP contribution >= 0.6 is 7.82 Å². The molecule has 0 saturated carbocycles. The first-order chi connectivity index (χ1) is 15.0. The SMILES string of the molecule is CCCCCCC(=O)OC[C@@H](COP(=O)([O-])OCC[N+](C)(C)C)OC(=O)CCCCCC. The number of quaternary nitrogens is 1. The molecule has 0 aromatic carbocycles. The van der Waals surface area contributed by atoms with E-state index in [9.17, 15) is 19.0 Å². The Morgan fingerprint density at radius 2 is 1.41 bits per heavy atom. The van der Waals surface area contributed by atoms with E-state index < -0.39 is 32.5 Å². The molecule has 9 nitrogen and oxygen atoms in total. The highest BCUT2D eigenvalue weighted by atomic mass is 31.2. The summed E-state index contributed by atoms with van der Waals surface area (Å²) in [7, 11) is 1.16. The van der Waals surface area contributed by atoms with E-state index >= 15 is 0 Å². The van der Waals surface area contributed by atoms with E-state index in [2.05, 4.69) is 13.8 Å². The van der Waals surface area contributed by atoms with Crippen LogP contribution in [-0.4, -0.2) is 70.0 Å². The topological polar surface area (TPSA) is 111 Å². The van der Waals surface area contributed by atoms with E-state index in [4.69, 9.17) is 18.5 Å². The smallest absolute Gasteiger partial charge is 0.306 e. The molecule has 0 aliphatic carbocycles. The quantitative estimate of drug-likeness (QED) is 0.112. The van der Waals surface area contributed by atoms with Crippen molar-refractivity contribution < 1.29 is 42.1 Å². The van der Waals surface area contributed by atoms with Gasteiger partial charge in [-0.15, -0.1) is 0 Å². The molecule has 0 bridgehead atoms. The van der Waals surface area contributed by atoms with Gasteiger partial charge in [-0.05, 0) is 12.8 Å². The Hall–Kier alpha value is -0.990. The van der Waals surface area contributed by atoms with Crippen LogP contribution in [0.2, 0.25) is 0 Å². The van der Waals surface area contributed by atoms with Gasteiger partial charge in [-0.25, -0.2) is 0 Å². The van der Waals surface area contributed by atoms with Crippen LogP contribution in [0.1, 0.15) is 78.1 Å². The molecule has 0 heterocycles. The summed E-state index contributed by atoms with van der Waals surface area (Å²) in [6.45, 7) is 3.88. The lowest BCUT2D eigenvalue weighted by molar-refractivity contribution is -0.870. The molecule has 0 rings (SSSR count). The second kappa shape index (κ2) is 17.5. The third kappa shape index (κ3) is 19.7. The van der Waals surface area contributed by atoms with Gasteiger partial charge in [0, 0.05) is 12.8 Å². The molecule has 0 fully saturated rings. The van der Waals surface area contributed by atoms with Crippen LogP contribution in [-0.2, 0) is 32.7 Å². The van der Waals surface area contributed by atoms with Gasteiger partial charge >= 0.3 is 11.9 Å². The highest BCUT2D eigenvalue weighted by Crippen LogP contribution is 2.38. The van der Waals surface area contributed by atoms with Crippen LogP contribution < -0.4 is 4.89 Å². The van der Waals surface area contributed by atoms with Crippen molar-refractivity contribution in [1.29, 1.82) is 0 Å². The van der Waals surface area contributed by atoms with Gasteiger partial charge < -0.3 is 27.9 Å². The van der Waals surface area contributed by atoms with Gasteiger partial charge in [0.05, 0.1) is 27.7 Å². The maximum Gasteiger partial charge on any atom is 0.306 e. The van der Waals surface area contributed by atoms with E-state index in [-0.39, 0.29) is 26.1 Å². The molecule has 0 spiro atoms. The maximum atomic E-state index is 12.1. The number of ether oxygens (including phenoxy) is 2. The van der Waals surface area contributed by atoms with Crippen molar-refractivity contribution in [2.75, 3.05) is 47.5 Å². The Labute approximate surface area is 193 Å². The van der Waals surface area contributed by atoms with Gasteiger partial charge in [-0.2, -0.15) is 0 Å². The van der Waals surface area contributed by atoms with E-state index in [0.717, 1.165) is 44.9 Å². The van der Waals surface area contributed by atoms with E-state index in [1.54, 1.807) is 0 Å². The van der Waals surface area contributed by atoms with Crippen LogP contribution in [0, 0.1) is 0 Å². The molecule has 10 heteroatoms. The van der Waals surface area contributed by atoms with Crippen molar-refractivity contribution in [3.05, 3.63) is 0 Å². The van der Waals surface area contributed by atoms with Gasteiger partial charge in [-0.1, -0.05) is 52.4 Å². The lowest BCUT2D eigenvalue weighted by Gasteiger charge is -2.28. The van der Waals surface area contributed by atoms with Gasteiger partial charge in [0.25, 0.3) is 7.82 Å². The second-order valence-corrected chi connectivity index (χ2v) is 10.4. The van der Waals surface area contributed by atoms with Crippen LogP contribution in [0.15, 0.2) is 0 Å². The number of phosphoric acid groups is 1. The molecule has 0 radical (unpaired) electrons. The molecule has 1 unspecified atom stereocenters. The average molecular weight is 482 g/mol. The van der Waals surface area contributed by atoms with Crippen molar-refractivity contribution in [3.63, 3.8) is 0 Å². The molecule has 2 atom stereocenters. The zero-order chi connectivity index (χ0) is 24.5. The van der Waals surface area contributed by atoms with Crippen molar-refractivity contribution >= 4 is 19.8 Å². The summed E-state index contributed by atoms with van der Waals surface area (Å²) in [5.41, 5.74) is 0. The minimum absolute atomic E-state index is 0.0289. The Kier molecular flexibility index (Phi) is 16.9. The zero-order valence-corrected chi connectivity index (χ0v) is 21.5. The Morgan fingerprint density at radius 1 is 0.844 bits per heavy atom. The number of carbonyl (C=O) groups is 2. The molecule has 0 aliphatic heterocycles. The summed E-state index contributed by atoms with van der Waals surface area (Å²) in [6.07, 6.45) is 6.92. The largest absolute Gasteiger partial charge is 0.756 e. The molecule has 0 aliphatic rings. The van der Waals surface area contributed by atoms with E-state index in [1.165, 1.54) is 0 Å². The first-order valence-corrected chi connectivity index (χ1v) is 13.2. The minimum Gasteiger partial charge on any atom is -0.756 e. The summed E-state index contributed by atoms with van der Waals surface area (Å²) >= 11 is 0. The monoisotopic (exact) mass is 481 g/mol. The van der Waals surface area contributed by atoms with Gasteiger partial charge in [0.1, 0.15) is 19.8 Å². The molecule has 0 aromatic heterocycles. The van der Waals surface area contributed by atoms with Crippen molar-refractivity contribution in [1.82, 2.24) is 0 Å². The fourth-order valence-electron chi connectivity index (χ4n) is 2.65. The Balaban J connectivity index is 4.63. The minimum atomic E-state index is -4.57. The van der Waals surface area contributed by atoms with Gasteiger partial charge in [0.15, 0.2) is 6.10 Å². The summed E-state index contributed by atoms with van der Waals surface area (Å²) in [5.74, 6) is -0.880. The van der Waals surface area contributed by atoms with Crippen molar-refractivity contribution in [3.8, 4) is 0 Å². The summed E-state index contributed by atoms with van der Waals surface area (Å²) in [6, 6.07) is 0. The Bertz CT molecular complexity index is 565. The number of phosphoric ester groups is 1. The fourth-order valence-corrected chi connectivity index (χ4v) is 3.38. The summed E-state index contributed by atoms with van der Waals surface area (Å²) in [5, 5.41) is 0. The molecule has 0 amide bonds. The third-order valence-electron chi connectivity index (χ3n) is 4.63. The average Bonchev–Trinajstić information content (AvgIpc) is 2.69. The van der Waals surface area contributed by atoms with Gasteiger partial charge in [0.2, 0.25) is 0 Å². The van der Waals surface area contributed by atoms with Crippen LogP contribution in [0.25, 0.3) is 0 Å². The summed E-state index contributed by atoms with van der Waals surface area (Å²) in [4.78, 5) is 36.1. The molecule has 0 saturated heterocycles. The Morgan fingerprint density at radius 3 is 1.94 bits per heavy atom. The highest BCUT2D eigenvalue weighted by molar-refractivity contribution is 7.45. The highest BCUT2D eigenvalue weighted by Gasteiger charge is 2.21. The molecule has 190 valence electrons. The zero-order valence-electron chi connectivity index (χ0n) is 20.6. The first kappa shape index (κ1) is 31.0. The number of likely N-dealkylation sites (N-methyl/N-ethyl adjacent to an activating group) is 1. The molecular weight excluding hydrogens is 437 g/mol. The van der Waals surface area contributed by atoms with Gasteiger partial charge in [-0.3, -0.25) is 14.2 Å². The first-order valence-electron chi connectivity index (χ1n) is 11.7. The number of nitrogens with zero attached hydrogens (tertiary/aromatic N) is 1. The second-order valence-electron chi connectivity index (χ2n) is 9.01. The van der Waals surface area contributed by atoms with E-state index in [0.29, 0.717) is 17.4 Å². The van der Waals surface area contributed by atoms with E-state index in [1.807, 2.05) is 21.1 Å². The normalized spacial score (nSPS) is 14.6. The van der Waals surface area contributed by atoms with Crippen LogP contribution in [0.5, 0.6) is 0 Å². The predicted molar refractivity (Wildman–Crippen MR) is 121 cm³/mol. The molecule has 0 N–H and O–H groups in total. The number of hydrogen-bond acceptors (Lipinski definition) is 8. The standard InChI is InChI=1S/C22H44NO8P/c1-6-8-10-12-14-21(24)28-18-20(31-22(25)15-13-11-9-7-2)19-30-32(26,27)29-17-16-23(3,4)5/h20H,6-19H2,1-5H3/t20-/m0/s1. The van der Waals surface area contributed by atoms with Crippen LogP contribution in [0.4, 0.5) is 0 Å². The third-order valence-corrected chi connectivity index (χ3v) is 5.59. The number of esters is 2. The summed E-state index contributed by atoms with van der Waals surface area (Å²) < 4.78 is 32.8. The predicted octanol–water partition coefficient (Wildman–Crippen LogP) is 3.59. The molecular formula is C22H44NO8P. The van der Waals surface area contributed by atoms with Crippen molar-refractivity contribution in [2.45, 2.75) is 84.2 Å². The maximum absolute atomic E-state index is 12.1. The number of hydrogen-bond donors (Lipinski definition) is 0. The van der Waals surface area contributed by atoms with Crippen molar-refractivity contribution in [2.24, 2.45) is 0 Å². The lowest BCUT2D eigenvalue weighted by atomic mass is 10.1. The molecule has 32 heavy (non-hydrogen) atoms. The number of carbonyl (C=O) groups excluding carboxylic acids is 2. The van der Waals surface area contributed by atoms with Crippen LogP contribution in [0.3, 0.4) is 0 Å². The lowest BCUT2D eigenvalue weighted by Crippen LogP contribution is -2.37. The molecule has 0 aromatic rings. The number of rotatable bonds is 20. The number of unbranched alkanes of at least 4 members (excludes halogenated alkanes) is 6.